The minimum atomic E-state index is -0.651. The van der Waals surface area contributed by atoms with Crippen molar-refractivity contribution in [2.75, 3.05) is 33.1 Å². The molecule has 0 spiro atoms. The molecule has 0 aliphatic heterocycles. The highest BCUT2D eigenvalue weighted by Crippen LogP contribution is 2.22. The first-order valence-corrected chi connectivity index (χ1v) is 10.0. The molecular formula is C23H32N4O3. The van der Waals surface area contributed by atoms with Gasteiger partial charge in [0.25, 0.3) is 0 Å². The van der Waals surface area contributed by atoms with E-state index in [1.165, 1.54) is 0 Å². The summed E-state index contributed by atoms with van der Waals surface area (Å²) in [5.74, 6) is 0.481. The molecule has 2 atom stereocenters. The predicted molar refractivity (Wildman–Crippen MR) is 120 cm³/mol. The van der Waals surface area contributed by atoms with E-state index in [4.69, 9.17) is 4.74 Å². The maximum absolute atomic E-state index is 12.9. The zero-order valence-corrected chi connectivity index (χ0v) is 18.3. The molecular weight excluding hydrogens is 380 g/mol. The molecule has 0 saturated carbocycles. The lowest BCUT2D eigenvalue weighted by atomic mass is 10.0. The lowest BCUT2D eigenvalue weighted by molar-refractivity contribution is -0.124. The second kappa shape index (κ2) is 11.2. The summed E-state index contributed by atoms with van der Waals surface area (Å²) in [6.45, 7) is 4.21. The number of carbonyl (C=O) groups excluding carboxylic acids is 2. The molecule has 0 heterocycles. The fraction of sp³-hybridized carbons (Fsp3) is 0.391. The third-order valence-electron chi connectivity index (χ3n) is 4.84. The average molecular weight is 413 g/mol. The maximum Gasteiger partial charge on any atom is 0.319 e. The second-order valence-electron chi connectivity index (χ2n) is 7.69. The van der Waals surface area contributed by atoms with Gasteiger partial charge < -0.3 is 25.6 Å². The molecule has 2 aromatic carbocycles. The molecule has 0 fully saturated rings. The van der Waals surface area contributed by atoms with Gasteiger partial charge >= 0.3 is 6.03 Å². The van der Waals surface area contributed by atoms with Gasteiger partial charge in [0, 0.05) is 12.2 Å². The molecule has 30 heavy (non-hydrogen) atoms. The summed E-state index contributed by atoms with van der Waals surface area (Å²) in [6.07, 6.45) is 0. The number of ether oxygens (including phenoxy) is 1. The largest absolute Gasteiger partial charge is 0.497 e. The maximum atomic E-state index is 12.9. The van der Waals surface area contributed by atoms with Gasteiger partial charge in [0.15, 0.2) is 0 Å². The molecule has 0 aliphatic rings. The minimum Gasteiger partial charge on any atom is -0.497 e. The first-order valence-electron chi connectivity index (χ1n) is 10.0. The van der Waals surface area contributed by atoms with E-state index < -0.39 is 12.1 Å². The standard InChI is InChI=1S/C23H32N4O3/c1-16(2)21(26-23(29)25-18-11-7-6-8-12-18)22(28)24-15-20(27(3)4)17-10-9-13-19(14-17)30-5/h6-14,16,20-21H,15H2,1-5H3,(H,24,28)(H2,25,26,29). The number of nitrogens with one attached hydrogen (secondary N) is 3. The van der Waals surface area contributed by atoms with Gasteiger partial charge in [-0.25, -0.2) is 4.79 Å². The molecule has 0 aromatic heterocycles. The average Bonchev–Trinajstić information content (AvgIpc) is 2.72. The van der Waals surface area contributed by atoms with E-state index in [2.05, 4.69) is 16.0 Å². The first kappa shape index (κ1) is 23.2. The number of likely N-dealkylation sites (N-methyl/N-ethyl adjacent to an activating group) is 1. The van der Waals surface area contributed by atoms with Crippen molar-refractivity contribution in [2.45, 2.75) is 25.9 Å². The Balaban J connectivity index is 2.01. The summed E-state index contributed by atoms with van der Waals surface area (Å²) < 4.78 is 5.31. The molecule has 2 aromatic rings. The zero-order valence-electron chi connectivity index (χ0n) is 18.3. The second-order valence-corrected chi connectivity index (χ2v) is 7.69. The summed E-state index contributed by atoms with van der Waals surface area (Å²) in [4.78, 5) is 27.2. The van der Waals surface area contributed by atoms with E-state index in [0.29, 0.717) is 12.2 Å². The molecule has 0 saturated heterocycles. The highest BCUT2D eigenvalue weighted by molar-refractivity contribution is 5.93. The molecule has 0 aliphatic carbocycles. The third-order valence-corrected chi connectivity index (χ3v) is 4.84. The van der Waals surface area contributed by atoms with Crippen molar-refractivity contribution >= 4 is 17.6 Å². The quantitative estimate of drug-likeness (QED) is 0.590. The Morgan fingerprint density at radius 3 is 2.33 bits per heavy atom. The summed E-state index contributed by atoms with van der Waals surface area (Å²) >= 11 is 0. The molecule has 3 N–H and O–H groups in total. The SMILES string of the molecule is COc1cccc(C(CNC(=O)C(NC(=O)Nc2ccccc2)C(C)C)N(C)C)c1. The fourth-order valence-corrected chi connectivity index (χ4v) is 3.12. The van der Waals surface area contributed by atoms with Gasteiger partial charge in [-0.3, -0.25) is 4.79 Å². The van der Waals surface area contributed by atoms with Crippen LogP contribution in [0.4, 0.5) is 10.5 Å². The number of rotatable bonds is 9. The van der Waals surface area contributed by atoms with Crippen LogP contribution in [-0.4, -0.2) is 50.6 Å². The van der Waals surface area contributed by atoms with Crippen LogP contribution in [-0.2, 0) is 4.79 Å². The van der Waals surface area contributed by atoms with Crippen LogP contribution in [0.25, 0.3) is 0 Å². The number of nitrogens with zero attached hydrogens (tertiary/aromatic N) is 1. The fourth-order valence-electron chi connectivity index (χ4n) is 3.12. The number of amides is 3. The lowest BCUT2D eigenvalue weighted by Gasteiger charge is -2.27. The van der Waals surface area contributed by atoms with Crippen molar-refractivity contribution in [2.24, 2.45) is 5.92 Å². The lowest BCUT2D eigenvalue weighted by Crippen LogP contribution is -2.52. The Bertz CT molecular complexity index is 824. The van der Waals surface area contributed by atoms with Gasteiger partial charge in [-0.2, -0.15) is 0 Å². The molecule has 7 nitrogen and oxygen atoms in total. The van der Waals surface area contributed by atoms with Gasteiger partial charge in [-0.15, -0.1) is 0 Å². The molecule has 0 radical (unpaired) electrons. The van der Waals surface area contributed by atoms with Crippen molar-refractivity contribution in [3.63, 3.8) is 0 Å². The van der Waals surface area contributed by atoms with E-state index in [1.807, 2.05) is 75.3 Å². The van der Waals surface area contributed by atoms with E-state index >= 15 is 0 Å². The van der Waals surface area contributed by atoms with Crippen LogP contribution >= 0.6 is 0 Å². The van der Waals surface area contributed by atoms with Crippen LogP contribution in [0.5, 0.6) is 5.75 Å². The van der Waals surface area contributed by atoms with Gasteiger partial charge in [-0.1, -0.05) is 44.2 Å². The summed E-state index contributed by atoms with van der Waals surface area (Å²) in [7, 11) is 5.55. The highest BCUT2D eigenvalue weighted by Gasteiger charge is 2.25. The van der Waals surface area contributed by atoms with Crippen molar-refractivity contribution in [1.82, 2.24) is 15.5 Å². The van der Waals surface area contributed by atoms with Crippen LogP contribution in [0.2, 0.25) is 0 Å². The predicted octanol–water partition coefficient (Wildman–Crippen LogP) is 3.26. The number of methoxy groups -OCH3 is 1. The Kier molecular flexibility index (Phi) is 8.68. The Labute approximate surface area is 178 Å². The number of hydrogen-bond acceptors (Lipinski definition) is 4. The first-order chi connectivity index (χ1) is 14.3. The molecule has 2 unspecified atom stereocenters. The van der Waals surface area contributed by atoms with E-state index in [1.54, 1.807) is 19.2 Å². The Morgan fingerprint density at radius 1 is 1.03 bits per heavy atom. The van der Waals surface area contributed by atoms with Crippen LogP contribution < -0.4 is 20.7 Å². The normalized spacial score (nSPS) is 12.9. The molecule has 2 rings (SSSR count). The minimum absolute atomic E-state index is 0.0324. The highest BCUT2D eigenvalue weighted by atomic mass is 16.5. The van der Waals surface area contributed by atoms with Gasteiger partial charge in [0.05, 0.1) is 13.2 Å². The Morgan fingerprint density at radius 2 is 1.73 bits per heavy atom. The Hall–Kier alpha value is -3.06. The van der Waals surface area contributed by atoms with Crippen molar-refractivity contribution in [1.29, 1.82) is 0 Å². The number of hydrogen-bond donors (Lipinski definition) is 3. The molecule has 3 amide bonds. The van der Waals surface area contributed by atoms with Crippen molar-refractivity contribution in [3.8, 4) is 5.75 Å². The van der Waals surface area contributed by atoms with Crippen molar-refractivity contribution < 1.29 is 14.3 Å². The van der Waals surface area contributed by atoms with Crippen LogP contribution in [0, 0.1) is 5.92 Å². The monoisotopic (exact) mass is 412 g/mol. The van der Waals surface area contributed by atoms with Crippen LogP contribution in [0.3, 0.4) is 0 Å². The number of anilines is 1. The van der Waals surface area contributed by atoms with E-state index in [0.717, 1.165) is 11.3 Å². The number of benzene rings is 2. The summed E-state index contributed by atoms with van der Waals surface area (Å²) in [5, 5.41) is 8.52. The summed E-state index contributed by atoms with van der Waals surface area (Å²) in [6, 6.07) is 15.8. The van der Waals surface area contributed by atoms with Crippen molar-refractivity contribution in [3.05, 3.63) is 60.2 Å². The topological polar surface area (TPSA) is 82.7 Å². The summed E-state index contributed by atoms with van der Waals surface area (Å²) in [5.41, 5.74) is 1.71. The molecule has 0 bridgehead atoms. The molecule has 162 valence electrons. The molecule has 7 heteroatoms. The third kappa shape index (κ3) is 6.77. The number of carbonyl (C=O) groups is 2. The van der Waals surface area contributed by atoms with Gasteiger partial charge in [-0.05, 0) is 49.8 Å². The van der Waals surface area contributed by atoms with Crippen LogP contribution in [0.15, 0.2) is 54.6 Å². The zero-order chi connectivity index (χ0) is 22.1. The van der Waals surface area contributed by atoms with E-state index in [-0.39, 0.29) is 17.9 Å². The van der Waals surface area contributed by atoms with Crippen LogP contribution in [0.1, 0.15) is 25.5 Å². The van der Waals surface area contributed by atoms with Gasteiger partial charge in [0.2, 0.25) is 5.91 Å². The van der Waals surface area contributed by atoms with E-state index in [9.17, 15) is 9.59 Å². The van der Waals surface area contributed by atoms with Gasteiger partial charge in [0.1, 0.15) is 11.8 Å². The smallest absolute Gasteiger partial charge is 0.319 e. The number of para-hydroxylation sites is 1. The number of urea groups is 1.